The van der Waals surface area contributed by atoms with Gasteiger partial charge >= 0.3 is 0 Å². The topological polar surface area (TPSA) is 42.2 Å². The normalized spacial score (nSPS) is 11.1. The molecule has 0 N–H and O–H groups in total. The van der Waals surface area contributed by atoms with E-state index >= 15 is 0 Å². The van der Waals surface area contributed by atoms with Crippen molar-refractivity contribution < 1.29 is 13.9 Å². The standard InChI is InChI=1S/C23H16BrClFNO2/c1-28-22-11-17(9-18(13-27)15-6-4-7-19(26)10-15)20(24)12-23(22)29-14-16-5-2-3-8-21(16)25/h2-12H,14H2,1H3/b18-9-. The molecule has 0 spiro atoms. The molecule has 0 radical (unpaired) electrons. The lowest BCUT2D eigenvalue weighted by Gasteiger charge is -2.14. The summed E-state index contributed by atoms with van der Waals surface area (Å²) in [6.07, 6.45) is 1.67. The van der Waals surface area contributed by atoms with Gasteiger partial charge in [-0.15, -0.1) is 0 Å². The highest BCUT2D eigenvalue weighted by molar-refractivity contribution is 9.10. The molecule has 3 aromatic carbocycles. The second kappa shape index (κ2) is 9.60. The number of ether oxygens (including phenoxy) is 2. The summed E-state index contributed by atoms with van der Waals surface area (Å²) in [5.41, 5.74) is 2.39. The van der Waals surface area contributed by atoms with Crippen molar-refractivity contribution in [1.82, 2.24) is 0 Å². The molecule has 0 fully saturated rings. The van der Waals surface area contributed by atoms with Gasteiger partial charge in [-0.05, 0) is 47.5 Å². The lowest BCUT2D eigenvalue weighted by Crippen LogP contribution is -1.99. The van der Waals surface area contributed by atoms with Crippen LogP contribution >= 0.6 is 27.5 Å². The molecular weight excluding hydrogens is 457 g/mol. The molecule has 0 heterocycles. The van der Waals surface area contributed by atoms with E-state index in [0.717, 1.165) is 5.56 Å². The summed E-state index contributed by atoms with van der Waals surface area (Å²) in [7, 11) is 1.54. The van der Waals surface area contributed by atoms with E-state index in [2.05, 4.69) is 22.0 Å². The van der Waals surface area contributed by atoms with Gasteiger partial charge in [-0.2, -0.15) is 5.26 Å². The largest absolute Gasteiger partial charge is 0.493 e. The Balaban J connectivity index is 1.92. The Bertz CT molecular complexity index is 1110. The molecule has 3 nitrogen and oxygen atoms in total. The van der Waals surface area contributed by atoms with E-state index in [0.29, 0.717) is 37.7 Å². The fraction of sp³-hybridized carbons (Fsp3) is 0.0870. The van der Waals surface area contributed by atoms with Crippen molar-refractivity contribution in [3.8, 4) is 17.6 Å². The van der Waals surface area contributed by atoms with Gasteiger partial charge in [-0.1, -0.05) is 57.9 Å². The quantitative estimate of drug-likeness (QED) is 0.290. The first-order chi connectivity index (χ1) is 14.0. The van der Waals surface area contributed by atoms with E-state index in [-0.39, 0.29) is 6.61 Å². The maximum absolute atomic E-state index is 13.5. The first-order valence-corrected chi connectivity index (χ1v) is 9.80. The number of benzene rings is 3. The molecule has 0 amide bonds. The Kier molecular flexibility index (Phi) is 6.92. The Morgan fingerprint density at radius 3 is 2.62 bits per heavy atom. The third-order valence-electron chi connectivity index (χ3n) is 4.18. The Labute approximate surface area is 182 Å². The van der Waals surface area contributed by atoms with Gasteiger partial charge in [0.15, 0.2) is 11.5 Å². The van der Waals surface area contributed by atoms with Crippen LogP contribution in [0.1, 0.15) is 16.7 Å². The molecule has 0 aliphatic rings. The van der Waals surface area contributed by atoms with Crippen molar-refractivity contribution in [2.75, 3.05) is 7.11 Å². The van der Waals surface area contributed by atoms with Crippen molar-refractivity contribution in [2.45, 2.75) is 6.61 Å². The summed E-state index contributed by atoms with van der Waals surface area (Å²) < 4.78 is 25.6. The predicted molar refractivity (Wildman–Crippen MR) is 116 cm³/mol. The van der Waals surface area contributed by atoms with Gasteiger partial charge in [0.2, 0.25) is 0 Å². The number of allylic oxidation sites excluding steroid dienone is 1. The zero-order valence-electron chi connectivity index (χ0n) is 15.5. The predicted octanol–water partition coefficient (Wildman–Crippen LogP) is 6.89. The number of rotatable bonds is 6. The van der Waals surface area contributed by atoms with Crippen LogP contribution in [0.3, 0.4) is 0 Å². The number of nitrogens with zero attached hydrogens (tertiary/aromatic N) is 1. The number of hydrogen-bond acceptors (Lipinski definition) is 3. The highest BCUT2D eigenvalue weighted by Gasteiger charge is 2.12. The molecule has 146 valence electrons. The highest BCUT2D eigenvalue weighted by atomic mass is 79.9. The molecule has 3 rings (SSSR count). The van der Waals surface area contributed by atoms with E-state index < -0.39 is 5.82 Å². The summed E-state index contributed by atoms with van der Waals surface area (Å²) in [5, 5.41) is 10.1. The Morgan fingerprint density at radius 2 is 1.93 bits per heavy atom. The Hall–Kier alpha value is -2.81. The van der Waals surface area contributed by atoms with Crippen molar-refractivity contribution in [3.63, 3.8) is 0 Å². The first-order valence-electron chi connectivity index (χ1n) is 8.63. The maximum Gasteiger partial charge on any atom is 0.162 e. The average molecular weight is 473 g/mol. The van der Waals surface area contributed by atoms with Gasteiger partial charge in [0, 0.05) is 15.1 Å². The highest BCUT2D eigenvalue weighted by Crippen LogP contribution is 2.36. The van der Waals surface area contributed by atoms with Crippen molar-refractivity contribution in [2.24, 2.45) is 0 Å². The smallest absolute Gasteiger partial charge is 0.162 e. The minimum absolute atomic E-state index is 0.282. The second-order valence-electron chi connectivity index (χ2n) is 6.08. The Morgan fingerprint density at radius 1 is 1.14 bits per heavy atom. The minimum atomic E-state index is -0.399. The van der Waals surface area contributed by atoms with Gasteiger partial charge in [0.05, 0.1) is 18.8 Å². The van der Waals surface area contributed by atoms with E-state index in [1.54, 1.807) is 36.4 Å². The fourth-order valence-electron chi connectivity index (χ4n) is 2.70. The van der Waals surface area contributed by atoms with Gasteiger partial charge in [-0.3, -0.25) is 0 Å². The van der Waals surface area contributed by atoms with Crippen molar-refractivity contribution in [3.05, 3.63) is 92.7 Å². The van der Waals surface area contributed by atoms with Crippen LogP contribution < -0.4 is 9.47 Å². The average Bonchev–Trinajstić information content (AvgIpc) is 2.72. The summed E-state index contributed by atoms with van der Waals surface area (Å²) in [4.78, 5) is 0. The molecule has 0 saturated heterocycles. The molecule has 3 aromatic rings. The van der Waals surface area contributed by atoms with Gasteiger partial charge in [0.25, 0.3) is 0 Å². The summed E-state index contributed by atoms with van der Waals surface area (Å²) in [6, 6.07) is 19.0. The zero-order chi connectivity index (χ0) is 20.8. The van der Waals surface area contributed by atoms with E-state index in [4.69, 9.17) is 21.1 Å². The van der Waals surface area contributed by atoms with Crippen LogP contribution in [0, 0.1) is 17.1 Å². The zero-order valence-corrected chi connectivity index (χ0v) is 17.8. The minimum Gasteiger partial charge on any atom is -0.493 e. The molecule has 0 aromatic heterocycles. The van der Waals surface area contributed by atoms with Gasteiger partial charge < -0.3 is 9.47 Å². The first kappa shape index (κ1) is 20.9. The lowest BCUT2D eigenvalue weighted by molar-refractivity contribution is 0.284. The molecule has 0 atom stereocenters. The van der Waals surface area contributed by atoms with Crippen molar-refractivity contribution >= 4 is 39.2 Å². The summed E-state index contributed by atoms with van der Waals surface area (Å²) in [6.45, 7) is 0.282. The number of halogens is 3. The third-order valence-corrected chi connectivity index (χ3v) is 5.24. The molecule has 6 heteroatoms. The van der Waals surface area contributed by atoms with E-state index in [1.165, 1.54) is 19.2 Å². The van der Waals surface area contributed by atoms with Crippen LogP contribution in [0.15, 0.2) is 65.1 Å². The van der Waals surface area contributed by atoms with Gasteiger partial charge in [0.1, 0.15) is 12.4 Å². The molecular formula is C23H16BrClFNO2. The monoisotopic (exact) mass is 471 g/mol. The number of methoxy groups -OCH3 is 1. The van der Waals surface area contributed by atoms with Crippen molar-refractivity contribution in [1.29, 1.82) is 5.26 Å². The van der Waals surface area contributed by atoms with Crippen LogP contribution in [0.25, 0.3) is 11.6 Å². The summed E-state index contributed by atoms with van der Waals surface area (Å²) in [5.74, 6) is 0.632. The SMILES string of the molecule is COc1cc(/C=C(/C#N)c2cccc(F)c2)c(Br)cc1OCc1ccccc1Cl. The number of hydrogen-bond donors (Lipinski definition) is 0. The van der Waals surface area contributed by atoms with Crippen LogP contribution in [-0.2, 0) is 6.61 Å². The molecule has 29 heavy (non-hydrogen) atoms. The van der Waals surface area contributed by atoms with Crippen LogP contribution in [0.4, 0.5) is 4.39 Å². The van der Waals surface area contributed by atoms with Crippen LogP contribution in [-0.4, -0.2) is 7.11 Å². The summed E-state index contributed by atoms with van der Waals surface area (Å²) >= 11 is 9.68. The van der Waals surface area contributed by atoms with Gasteiger partial charge in [-0.25, -0.2) is 4.39 Å². The van der Waals surface area contributed by atoms with Crippen LogP contribution in [0.5, 0.6) is 11.5 Å². The van der Waals surface area contributed by atoms with E-state index in [1.807, 2.05) is 18.2 Å². The molecule has 0 aliphatic heterocycles. The van der Waals surface area contributed by atoms with E-state index in [9.17, 15) is 9.65 Å². The lowest BCUT2D eigenvalue weighted by atomic mass is 10.0. The maximum atomic E-state index is 13.5. The second-order valence-corrected chi connectivity index (χ2v) is 7.35. The third kappa shape index (κ3) is 5.17. The molecule has 0 aliphatic carbocycles. The number of nitriles is 1. The molecule has 0 bridgehead atoms. The molecule has 0 unspecified atom stereocenters. The fourth-order valence-corrected chi connectivity index (χ4v) is 3.32. The molecule has 0 saturated carbocycles. The van der Waals surface area contributed by atoms with Crippen LogP contribution in [0.2, 0.25) is 5.02 Å².